The van der Waals surface area contributed by atoms with Gasteiger partial charge < -0.3 is 15.7 Å². The second-order valence-corrected chi connectivity index (χ2v) is 3.53. The van der Waals surface area contributed by atoms with E-state index in [1.165, 1.54) is 0 Å². The molecule has 0 fully saturated rings. The predicted molar refractivity (Wildman–Crippen MR) is 57.3 cm³/mol. The zero-order chi connectivity index (χ0) is 10.6. The van der Waals surface area contributed by atoms with Crippen molar-refractivity contribution in [1.82, 2.24) is 4.98 Å². The van der Waals surface area contributed by atoms with Crippen LogP contribution in [0.2, 0.25) is 0 Å². The van der Waals surface area contributed by atoms with E-state index in [4.69, 9.17) is 10.8 Å². The lowest BCUT2D eigenvalue weighted by Crippen LogP contribution is -2.28. The van der Waals surface area contributed by atoms with Crippen LogP contribution in [0.25, 0.3) is 0 Å². The fourth-order valence-electron chi connectivity index (χ4n) is 1.34. The van der Waals surface area contributed by atoms with Crippen molar-refractivity contribution in [2.75, 3.05) is 25.6 Å². The lowest BCUT2D eigenvalue weighted by atomic mass is 10.1. The van der Waals surface area contributed by atoms with Gasteiger partial charge >= 0.3 is 0 Å². The molecule has 0 radical (unpaired) electrons. The molecule has 0 aliphatic rings. The third-order valence-corrected chi connectivity index (χ3v) is 2.01. The van der Waals surface area contributed by atoms with Gasteiger partial charge in [0.2, 0.25) is 0 Å². The minimum atomic E-state index is -0.210. The summed E-state index contributed by atoms with van der Waals surface area (Å²) in [6.07, 6.45) is 2.40. The number of nitrogens with two attached hydrogens (primary N) is 1. The van der Waals surface area contributed by atoms with E-state index in [0.29, 0.717) is 6.42 Å². The van der Waals surface area contributed by atoms with Crippen LogP contribution in [0.15, 0.2) is 18.3 Å². The third kappa shape index (κ3) is 2.68. The topological polar surface area (TPSA) is 62.4 Å². The van der Waals surface area contributed by atoms with E-state index < -0.39 is 0 Å². The molecule has 14 heavy (non-hydrogen) atoms. The van der Waals surface area contributed by atoms with Gasteiger partial charge in [-0.3, -0.25) is 0 Å². The van der Waals surface area contributed by atoms with Gasteiger partial charge in [0, 0.05) is 26.3 Å². The summed E-state index contributed by atoms with van der Waals surface area (Å²) in [6.45, 7) is 0.00175. The van der Waals surface area contributed by atoms with Crippen LogP contribution in [0.3, 0.4) is 0 Å². The Kier molecular flexibility index (Phi) is 3.85. The van der Waals surface area contributed by atoms with E-state index in [2.05, 4.69) is 4.98 Å². The Morgan fingerprint density at radius 3 is 2.86 bits per heavy atom. The van der Waals surface area contributed by atoms with Gasteiger partial charge in [-0.05, 0) is 18.1 Å². The molecule has 4 heteroatoms. The number of hydrogen-bond acceptors (Lipinski definition) is 4. The maximum Gasteiger partial charge on any atom is 0.131 e. The Bertz CT molecular complexity index is 288. The smallest absolute Gasteiger partial charge is 0.131 e. The lowest BCUT2D eigenvalue weighted by molar-refractivity contribution is 0.265. The first kappa shape index (κ1) is 10.9. The van der Waals surface area contributed by atoms with Crippen LogP contribution >= 0.6 is 0 Å². The van der Waals surface area contributed by atoms with E-state index in [9.17, 15) is 0 Å². The molecule has 0 amide bonds. The largest absolute Gasteiger partial charge is 0.395 e. The van der Waals surface area contributed by atoms with Crippen LogP contribution in [-0.2, 0) is 6.42 Å². The van der Waals surface area contributed by atoms with Crippen LogP contribution < -0.4 is 10.6 Å². The number of nitrogens with zero attached hydrogens (tertiary/aromatic N) is 2. The molecular formula is C10H17N3O. The van der Waals surface area contributed by atoms with Gasteiger partial charge in [-0.1, -0.05) is 6.07 Å². The highest BCUT2D eigenvalue weighted by Gasteiger charge is 2.08. The summed E-state index contributed by atoms with van der Waals surface area (Å²) in [4.78, 5) is 6.20. The molecule has 0 aliphatic heterocycles. The average Bonchev–Trinajstić information content (AvgIpc) is 2.18. The molecule has 1 unspecified atom stereocenters. The van der Waals surface area contributed by atoms with E-state index in [1.54, 1.807) is 6.20 Å². The number of pyridine rings is 1. The fourth-order valence-corrected chi connectivity index (χ4v) is 1.34. The van der Waals surface area contributed by atoms with E-state index in [1.807, 2.05) is 31.1 Å². The number of rotatable bonds is 4. The van der Waals surface area contributed by atoms with Gasteiger partial charge in [-0.15, -0.1) is 0 Å². The van der Waals surface area contributed by atoms with Gasteiger partial charge in [0.15, 0.2) is 0 Å². The summed E-state index contributed by atoms with van der Waals surface area (Å²) in [5, 5.41) is 8.87. The first-order valence-corrected chi connectivity index (χ1v) is 4.62. The molecule has 1 heterocycles. The molecule has 4 nitrogen and oxygen atoms in total. The molecule has 0 spiro atoms. The molecule has 1 rings (SSSR count). The Labute approximate surface area is 84.4 Å². The first-order chi connectivity index (χ1) is 6.65. The van der Waals surface area contributed by atoms with E-state index >= 15 is 0 Å². The molecule has 1 aromatic heterocycles. The molecule has 3 N–H and O–H groups in total. The van der Waals surface area contributed by atoms with Crippen LogP contribution in [0.5, 0.6) is 0 Å². The quantitative estimate of drug-likeness (QED) is 0.710. The van der Waals surface area contributed by atoms with Crippen molar-refractivity contribution in [1.29, 1.82) is 0 Å². The highest BCUT2D eigenvalue weighted by molar-refractivity contribution is 5.45. The minimum Gasteiger partial charge on any atom is -0.395 e. The molecular weight excluding hydrogens is 178 g/mol. The van der Waals surface area contributed by atoms with Gasteiger partial charge in [0.05, 0.1) is 6.61 Å². The maximum atomic E-state index is 8.87. The summed E-state index contributed by atoms with van der Waals surface area (Å²) in [6, 6.07) is 3.66. The number of anilines is 1. The average molecular weight is 195 g/mol. The predicted octanol–water partition coefficient (Wildman–Crippen LogP) is 0.00970. The van der Waals surface area contributed by atoms with E-state index in [0.717, 1.165) is 11.4 Å². The maximum absolute atomic E-state index is 8.87. The van der Waals surface area contributed by atoms with Crippen molar-refractivity contribution in [2.45, 2.75) is 12.5 Å². The van der Waals surface area contributed by atoms with Crippen molar-refractivity contribution >= 4 is 5.82 Å². The molecule has 1 atom stereocenters. The Balaban J connectivity index is 2.84. The number of aliphatic hydroxyl groups is 1. The SMILES string of the molecule is CN(C)c1ncccc1CC(N)CO. The normalized spacial score (nSPS) is 12.6. The second-order valence-electron chi connectivity index (χ2n) is 3.53. The zero-order valence-electron chi connectivity index (χ0n) is 8.64. The standard InChI is InChI=1S/C10H17N3O/c1-13(2)10-8(4-3-5-12-10)6-9(11)7-14/h3-5,9,14H,6-7,11H2,1-2H3. The van der Waals surface area contributed by atoms with Gasteiger partial charge in [-0.25, -0.2) is 4.98 Å². The van der Waals surface area contributed by atoms with Crippen molar-refractivity contribution in [3.63, 3.8) is 0 Å². The fraction of sp³-hybridized carbons (Fsp3) is 0.500. The van der Waals surface area contributed by atoms with Crippen molar-refractivity contribution in [3.05, 3.63) is 23.9 Å². The van der Waals surface area contributed by atoms with Crippen LogP contribution in [0.4, 0.5) is 5.82 Å². The minimum absolute atomic E-state index is 0.00175. The molecule has 0 saturated carbocycles. The molecule has 0 aliphatic carbocycles. The number of aromatic nitrogens is 1. The molecule has 1 aromatic rings. The third-order valence-electron chi connectivity index (χ3n) is 2.01. The Hall–Kier alpha value is -1.13. The van der Waals surface area contributed by atoms with Gasteiger partial charge in [-0.2, -0.15) is 0 Å². The molecule has 0 saturated heterocycles. The highest BCUT2D eigenvalue weighted by atomic mass is 16.3. The van der Waals surface area contributed by atoms with Crippen LogP contribution in [0, 0.1) is 0 Å². The van der Waals surface area contributed by atoms with Gasteiger partial charge in [0.1, 0.15) is 5.82 Å². The second kappa shape index (κ2) is 4.93. The number of hydrogen-bond donors (Lipinski definition) is 2. The highest BCUT2D eigenvalue weighted by Crippen LogP contribution is 2.15. The summed E-state index contributed by atoms with van der Waals surface area (Å²) in [5.74, 6) is 0.913. The van der Waals surface area contributed by atoms with Crippen molar-refractivity contribution in [2.24, 2.45) is 5.73 Å². The summed E-state index contributed by atoms with van der Waals surface area (Å²) in [5.41, 5.74) is 6.75. The Morgan fingerprint density at radius 2 is 2.29 bits per heavy atom. The molecule has 0 bridgehead atoms. The van der Waals surface area contributed by atoms with E-state index in [-0.39, 0.29) is 12.6 Å². The monoisotopic (exact) mass is 195 g/mol. The first-order valence-electron chi connectivity index (χ1n) is 4.62. The Morgan fingerprint density at radius 1 is 1.57 bits per heavy atom. The summed E-state index contributed by atoms with van der Waals surface area (Å²) in [7, 11) is 3.88. The molecule has 0 aromatic carbocycles. The molecule has 78 valence electrons. The zero-order valence-corrected chi connectivity index (χ0v) is 8.64. The van der Waals surface area contributed by atoms with Crippen LogP contribution in [0.1, 0.15) is 5.56 Å². The summed E-state index contributed by atoms with van der Waals surface area (Å²) < 4.78 is 0. The number of aliphatic hydroxyl groups excluding tert-OH is 1. The van der Waals surface area contributed by atoms with Crippen molar-refractivity contribution < 1.29 is 5.11 Å². The van der Waals surface area contributed by atoms with Crippen LogP contribution in [-0.4, -0.2) is 36.8 Å². The van der Waals surface area contributed by atoms with Crippen molar-refractivity contribution in [3.8, 4) is 0 Å². The lowest BCUT2D eigenvalue weighted by Gasteiger charge is -2.17. The van der Waals surface area contributed by atoms with Gasteiger partial charge in [0.25, 0.3) is 0 Å². The summed E-state index contributed by atoms with van der Waals surface area (Å²) >= 11 is 0.